The maximum atomic E-state index is 9.48. The van der Waals surface area contributed by atoms with Gasteiger partial charge in [-0.25, -0.2) is 0 Å². The van der Waals surface area contributed by atoms with Gasteiger partial charge in [-0.05, 0) is 45.2 Å². The number of anilines is 1. The van der Waals surface area contributed by atoms with Crippen LogP contribution in [0.5, 0.6) is 0 Å². The minimum absolute atomic E-state index is 0.335. The molecule has 0 fully saturated rings. The van der Waals surface area contributed by atoms with E-state index in [1.165, 1.54) is 5.69 Å². The topological polar surface area (TPSA) is 39.1 Å². The van der Waals surface area contributed by atoms with Gasteiger partial charge in [-0.1, -0.05) is 25.1 Å². The number of rotatable bonds is 8. The fraction of sp³-hybridized carbons (Fsp3) is 0.588. The van der Waals surface area contributed by atoms with Crippen LogP contribution in [0.1, 0.15) is 40.0 Å². The fourth-order valence-electron chi connectivity index (χ4n) is 2.50. The lowest BCUT2D eigenvalue weighted by Crippen LogP contribution is -2.47. The van der Waals surface area contributed by atoms with Gasteiger partial charge in [-0.3, -0.25) is 5.32 Å². The van der Waals surface area contributed by atoms with Gasteiger partial charge in [0, 0.05) is 25.3 Å². The van der Waals surface area contributed by atoms with Crippen LogP contribution < -0.4 is 10.2 Å². The minimum Gasteiger partial charge on any atom is -0.375 e. The molecule has 1 unspecified atom stereocenters. The molecule has 0 aliphatic heterocycles. The third-order valence-corrected chi connectivity index (χ3v) is 3.68. The predicted octanol–water partition coefficient (Wildman–Crippen LogP) is 3.57. The van der Waals surface area contributed by atoms with Gasteiger partial charge in [0.2, 0.25) is 0 Å². The van der Waals surface area contributed by atoms with Crippen molar-refractivity contribution in [3.63, 3.8) is 0 Å². The number of hydrogen-bond donors (Lipinski definition) is 1. The highest BCUT2D eigenvalue weighted by molar-refractivity contribution is 5.44. The molecule has 0 bridgehead atoms. The molecular formula is C17H27N3. The summed E-state index contributed by atoms with van der Waals surface area (Å²) in [5.74, 6) is 0. The first-order valence-corrected chi connectivity index (χ1v) is 7.48. The lowest BCUT2D eigenvalue weighted by atomic mass is 9.91. The van der Waals surface area contributed by atoms with Crippen molar-refractivity contribution in [2.75, 3.05) is 18.5 Å². The first-order valence-electron chi connectivity index (χ1n) is 7.48. The monoisotopic (exact) mass is 273 g/mol. The Hall–Kier alpha value is -1.53. The summed E-state index contributed by atoms with van der Waals surface area (Å²) in [5.41, 5.74) is 0.842. The van der Waals surface area contributed by atoms with Crippen molar-refractivity contribution in [3.05, 3.63) is 30.3 Å². The van der Waals surface area contributed by atoms with Gasteiger partial charge < -0.3 is 4.90 Å². The summed E-state index contributed by atoms with van der Waals surface area (Å²) >= 11 is 0. The number of nitriles is 1. The second-order valence-corrected chi connectivity index (χ2v) is 5.71. The van der Waals surface area contributed by atoms with E-state index in [9.17, 15) is 5.26 Å². The van der Waals surface area contributed by atoms with Gasteiger partial charge in [-0.15, -0.1) is 0 Å². The molecule has 0 aromatic heterocycles. The molecule has 0 aliphatic carbocycles. The molecule has 0 saturated carbocycles. The number of nitrogens with zero attached hydrogens (tertiary/aromatic N) is 2. The standard InChI is InChI=1S/C17H27N3/c1-5-17(14-18,19-15(2)3)12-9-13-20(4)16-10-7-6-8-11-16/h6-8,10-11,15,19H,5,9,12-13H2,1-4H3. The van der Waals surface area contributed by atoms with Crippen molar-refractivity contribution >= 4 is 5.69 Å². The molecule has 0 spiro atoms. The highest BCUT2D eigenvalue weighted by atomic mass is 15.1. The van der Waals surface area contributed by atoms with Crippen LogP contribution in [0.3, 0.4) is 0 Å². The number of hydrogen-bond acceptors (Lipinski definition) is 3. The smallest absolute Gasteiger partial charge is 0.106 e. The van der Waals surface area contributed by atoms with E-state index in [4.69, 9.17) is 0 Å². The zero-order valence-electron chi connectivity index (χ0n) is 13.2. The number of para-hydroxylation sites is 1. The molecule has 1 aromatic rings. The van der Waals surface area contributed by atoms with Gasteiger partial charge >= 0.3 is 0 Å². The Balaban J connectivity index is 2.51. The Morgan fingerprint density at radius 3 is 2.45 bits per heavy atom. The van der Waals surface area contributed by atoms with E-state index in [2.05, 4.69) is 68.4 Å². The van der Waals surface area contributed by atoms with Crippen LogP contribution in [0.4, 0.5) is 5.69 Å². The maximum absolute atomic E-state index is 9.48. The Bertz CT molecular complexity index is 422. The molecule has 0 aliphatic rings. The summed E-state index contributed by atoms with van der Waals surface area (Å²) in [4.78, 5) is 2.24. The summed E-state index contributed by atoms with van der Waals surface area (Å²) in [5, 5.41) is 12.9. The van der Waals surface area contributed by atoms with Crippen molar-refractivity contribution in [3.8, 4) is 6.07 Å². The summed E-state index contributed by atoms with van der Waals surface area (Å²) in [6.07, 6.45) is 2.73. The molecule has 3 heteroatoms. The zero-order valence-corrected chi connectivity index (χ0v) is 13.2. The van der Waals surface area contributed by atoms with Crippen LogP contribution in [0.25, 0.3) is 0 Å². The largest absolute Gasteiger partial charge is 0.375 e. The maximum Gasteiger partial charge on any atom is 0.106 e. The van der Waals surface area contributed by atoms with Crippen molar-refractivity contribution in [2.45, 2.75) is 51.6 Å². The molecule has 0 radical (unpaired) electrons. The molecular weight excluding hydrogens is 246 g/mol. The number of benzene rings is 1. The molecule has 0 heterocycles. The fourth-order valence-corrected chi connectivity index (χ4v) is 2.50. The van der Waals surface area contributed by atoms with Gasteiger partial charge in [0.1, 0.15) is 5.54 Å². The second-order valence-electron chi connectivity index (χ2n) is 5.71. The van der Waals surface area contributed by atoms with Gasteiger partial charge in [0.15, 0.2) is 0 Å². The van der Waals surface area contributed by atoms with Gasteiger partial charge in [0.25, 0.3) is 0 Å². The third kappa shape index (κ3) is 4.86. The van der Waals surface area contributed by atoms with Crippen molar-refractivity contribution in [2.24, 2.45) is 0 Å². The minimum atomic E-state index is -0.383. The summed E-state index contributed by atoms with van der Waals surface area (Å²) in [6, 6.07) is 13.2. The predicted molar refractivity (Wildman–Crippen MR) is 85.9 cm³/mol. The normalized spacial score (nSPS) is 13.8. The summed E-state index contributed by atoms with van der Waals surface area (Å²) in [6.45, 7) is 7.24. The summed E-state index contributed by atoms with van der Waals surface area (Å²) < 4.78 is 0. The molecule has 1 atom stereocenters. The third-order valence-electron chi connectivity index (χ3n) is 3.68. The van der Waals surface area contributed by atoms with Gasteiger partial charge in [0.05, 0.1) is 6.07 Å². The number of nitrogens with one attached hydrogen (secondary N) is 1. The van der Waals surface area contributed by atoms with E-state index in [-0.39, 0.29) is 5.54 Å². The van der Waals surface area contributed by atoms with Crippen molar-refractivity contribution in [1.29, 1.82) is 5.26 Å². The Kier molecular flexibility index (Phi) is 6.54. The van der Waals surface area contributed by atoms with E-state index in [0.717, 1.165) is 25.8 Å². The van der Waals surface area contributed by atoms with Crippen molar-refractivity contribution < 1.29 is 0 Å². The highest BCUT2D eigenvalue weighted by Gasteiger charge is 2.27. The van der Waals surface area contributed by atoms with Crippen LogP contribution >= 0.6 is 0 Å². The quantitative estimate of drug-likeness (QED) is 0.787. The van der Waals surface area contributed by atoms with Crippen LogP contribution in [0.2, 0.25) is 0 Å². The first-order chi connectivity index (χ1) is 9.53. The van der Waals surface area contributed by atoms with E-state index in [1.54, 1.807) is 0 Å². The molecule has 1 N–H and O–H groups in total. The molecule has 110 valence electrons. The van der Waals surface area contributed by atoms with Gasteiger partial charge in [-0.2, -0.15) is 5.26 Å². The van der Waals surface area contributed by atoms with Crippen LogP contribution in [0, 0.1) is 11.3 Å². The lowest BCUT2D eigenvalue weighted by Gasteiger charge is -2.30. The molecule has 3 nitrogen and oxygen atoms in total. The molecule has 0 amide bonds. The second kappa shape index (κ2) is 7.91. The average molecular weight is 273 g/mol. The zero-order chi connectivity index (χ0) is 15.0. The van der Waals surface area contributed by atoms with E-state index >= 15 is 0 Å². The van der Waals surface area contributed by atoms with Crippen LogP contribution in [-0.4, -0.2) is 25.2 Å². The highest BCUT2D eigenvalue weighted by Crippen LogP contribution is 2.19. The lowest BCUT2D eigenvalue weighted by molar-refractivity contribution is 0.337. The van der Waals surface area contributed by atoms with Crippen molar-refractivity contribution in [1.82, 2.24) is 5.32 Å². The Labute approximate surface area is 123 Å². The average Bonchev–Trinajstić information content (AvgIpc) is 2.46. The molecule has 20 heavy (non-hydrogen) atoms. The van der Waals surface area contributed by atoms with Crippen LogP contribution in [-0.2, 0) is 0 Å². The Morgan fingerprint density at radius 1 is 1.30 bits per heavy atom. The Morgan fingerprint density at radius 2 is 1.95 bits per heavy atom. The van der Waals surface area contributed by atoms with Crippen LogP contribution in [0.15, 0.2) is 30.3 Å². The SMILES string of the molecule is CCC(C#N)(CCCN(C)c1ccccc1)NC(C)C. The van der Waals surface area contributed by atoms with E-state index in [0.29, 0.717) is 6.04 Å². The van der Waals surface area contributed by atoms with E-state index < -0.39 is 0 Å². The summed E-state index contributed by atoms with van der Waals surface area (Å²) in [7, 11) is 2.10. The molecule has 1 aromatic carbocycles. The van der Waals surface area contributed by atoms with E-state index in [1.807, 2.05) is 6.07 Å². The molecule has 1 rings (SSSR count). The molecule has 0 saturated heterocycles. The first kappa shape index (κ1) is 16.5.